The van der Waals surface area contributed by atoms with Crippen LogP contribution in [0.2, 0.25) is 0 Å². The second-order valence-electron chi connectivity index (χ2n) is 4.86. The Morgan fingerprint density at radius 3 is 2.45 bits per heavy atom. The summed E-state index contributed by atoms with van der Waals surface area (Å²) in [5.74, 6) is 0. The number of rotatable bonds is 3. The third-order valence-electron chi connectivity index (χ3n) is 3.60. The standard InChI is InChI=1S/C18H18N2/c1-3-15-12-18(19-2)16-11-14(9-10-17(16)20-15)13-7-5-4-6-8-13/h4-12H,3H2,1-2H3,(H,19,20). The highest BCUT2D eigenvalue weighted by Crippen LogP contribution is 2.28. The second-order valence-corrected chi connectivity index (χ2v) is 4.86. The van der Waals surface area contributed by atoms with E-state index in [4.69, 9.17) is 4.98 Å². The Hall–Kier alpha value is -2.35. The van der Waals surface area contributed by atoms with Crippen molar-refractivity contribution in [3.8, 4) is 11.1 Å². The van der Waals surface area contributed by atoms with E-state index in [9.17, 15) is 0 Å². The van der Waals surface area contributed by atoms with Crippen molar-refractivity contribution < 1.29 is 0 Å². The second kappa shape index (κ2) is 5.33. The highest BCUT2D eigenvalue weighted by Gasteiger charge is 2.06. The van der Waals surface area contributed by atoms with E-state index >= 15 is 0 Å². The summed E-state index contributed by atoms with van der Waals surface area (Å²) >= 11 is 0. The molecule has 0 aliphatic carbocycles. The van der Waals surface area contributed by atoms with Gasteiger partial charge in [0.15, 0.2) is 0 Å². The van der Waals surface area contributed by atoms with Gasteiger partial charge < -0.3 is 5.32 Å². The van der Waals surface area contributed by atoms with Crippen molar-refractivity contribution in [2.24, 2.45) is 0 Å². The van der Waals surface area contributed by atoms with Crippen LogP contribution in [-0.2, 0) is 6.42 Å². The predicted octanol–water partition coefficient (Wildman–Crippen LogP) is 4.51. The molecule has 100 valence electrons. The van der Waals surface area contributed by atoms with Gasteiger partial charge in [0.1, 0.15) is 0 Å². The molecule has 1 heterocycles. The molecule has 20 heavy (non-hydrogen) atoms. The lowest BCUT2D eigenvalue weighted by molar-refractivity contribution is 1.06. The van der Waals surface area contributed by atoms with E-state index in [-0.39, 0.29) is 0 Å². The van der Waals surface area contributed by atoms with Crippen LogP contribution >= 0.6 is 0 Å². The van der Waals surface area contributed by atoms with Crippen LogP contribution < -0.4 is 5.32 Å². The average molecular weight is 262 g/mol. The number of hydrogen-bond donors (Lipinski definition) is 1. The molecule has 0 atom stereocenters. The van der Waals surface area contributed by atoms with E-state index < -0.39 is 0 Å². The minimum atomic E-state index is 0.949. The molecule has 3 aromatic rings. The first-order chi connectivity index (χ1) is 9.81. The zero-order valence-electron chi connectivity index (χ0n) is 11.9. The Kier molecular flexibility index (Phi) is 3.38. The summed E-state index contributed by atoms with van der Waals surface area (Å²) in [6, 6.07) is 19.0. The van der Waals surface area contributed by atoms with Crippen LogP contribution in [0.15, 0.2) is 54.6 Å². The average Bonchev–Trinajstić information content (AvgIpc) is 2.54. The lowest BCUT2D eigenvalue weighted by Crippen LogP contribution is -1.96. The van der Waals surface area contributed by atoms with Crippen molar-refractivity contribution in [3.63, 3.8) is 0 Å². The molecule has 0 spiro atoms. The zero-order chi connectivity index (χ0) is 13.9. The molecule has 1 aromatic heterocycles. The molecule has 2 aromatic carbocycles. The molecule has 1 N–H and O–H groups in total. The normalized spacial score (nSPS) is 10.7. The topological polar surface area (TPSA) is 24.9 Å². The summed E-state index contributed by atoms with van der Waals surface area (Å²) in [7, 11) is 1.96. The maximum absolute atomic E-state index is 4.70. The van der Waals surface area contributed by atoms with Crippen LogP contribution in [0.1, 0.15) is 12.6 Å². The van der Waals surface area contributed by atoms with E-state index in [0.29, 0.717) is 0 Å². The van der Waals surface area contributed by atoms with Crippen molar-refractivity contribution in [2.75, 3.05) is 12.4 Å². The molecule has 0 fully saturated rings. The van der Waals surface area contributed by atoms with E-state index in [1.165, 1.54) is 16.5 Å². The monoisotopic (exact) mass is 262 g/mol. The van der Waals surface area contributed by atoms with Crippen LogP contribution in [0.3, 0.4) is 0 Å². The molecule has 0 aliphatic heterocycles. The van der Waals surface area contributed by atoms with Gasteiger partial charge in [0.2, 0.25) is 0 Å². The van der Waals surface area contributed by atoms with Crippen molar-refractivity contribution in [1.29, 1.82) is 0 Å². The van der Waals surface area contributed by atoms with Crippen molar-refractivity contribution in [1.82, 2.24) is 4.98 Å². The molecule has 0 aliphatic rings. The van der Waals surface area contributed by atoms with Gasteiger partial charge in [0, 0.05) is 23.8 Å². The number of nitrogens with one attached hydrogen (secondary N) is 1. The minimum Gasteiger partial charge on any atom is -0.388 e. The third kappa shape index (κ3) is 2.25. The van der Waals surface area contributed by atoms with Crippen molar-refractivity contribution in [2.45, 2.75) is 13.3 Å². The van der Waals surface area contributed by atoms with Crippen LogP contribution in [0.25, 0.3) is 22.0 Å². The van der Waals surface area contributed by atoms with Crippen molar-refractivity contribution >= 4 is 16.6 Å². The maximum Gasteiger partial charge on any atom is 0.0726 e. The minimum absolute atomic E-state index is 0.949. The lowest BCUT2D eigenvalue weighted by Gasteiger charge is -2.10. The van der Waals surface area contributed by atoms with Gasteiger partial charge in [0.05, 0.1) is 5.52 Å². The van der Waals surface area contributed by atoms with E-state index in [1.807, 2.05) is 13.1 Å². The number of aromatic nitrogens is 1. The first-order valence-electron chi connectivity index (χ1n) is 6.98. The molecule has 0 amide bonds. The maximum atomic E-state index is 4.70. The van der Waals surface area contributed by atoms with E-state index in [2.05, 4.69) is 60.8 Å². The third-order valence-corrected chi connectivity index (χ3v) is 3.60. The zero-order valence-corrected chi connectivity index (χ0v) is 11.9. The van der Waals surface area contributed by atoms with Gasteiger partial charge in [-0.15, -0.1) is 0 Å². The first-order valence-corrected chi connectivity index (χ1v) is 6.98. The fourth-order valence-electron chi connectivity index (χ4n) is 2.48. The number of aryl methyl sites for hydroxylation is 1. The summed E-state index contributed by atoms with van der Waals surface area (Å²) < 4.78 is 0. The van der Waals surface area contributed by atoms with Gasteiger partial charge in [0.25, 0.3) is 0 Å². The number of nitrogens with zero attached hydrogens (tertiary/aromatic N) is 1. The fourth-order valence-corrected chi connectivity index (χ4v) is 2.48. The van der Waals surface area contributed by atoms with Crippen LogP contribution in [-0.4, -0.2) is 12.0 Å². The molecule has 0 radical (unpaired) electrons. The highest BCUT2D eigenvalue weighted by atomic mass is 14.8. The van der Waals surface area contributed by atoms with Gasteiger partial charge in [-0.2, -0.15) is 0 Å². The van der Waals surface area contributed by atoms with E-state index in [0.717, 1.165) is 23.3 Å². The van der Waals surface area contributed by atoms with Gasteiger partial charge in [-0.1, -0.05) is 43.3 Å². The predicted molar refractivity (Wildman–Crippen MR) is 86.1 cm³/mol. The fraction of sp³-hybridized carbons (Fsp3) is 0.167. The van der Waals surface area contributed by atoms with Crippen LogP contribution in [0, 0.1) is 0 Å². The molecule has 0 bridgehead atoms. The van der Waals surface area contributed by atoms with Crippen LogP contribution in [0.4, 0.5) is 5.69 Å². The smallest absolute Gasteiger partial charge is 0.0726 e. The summed E-state index contributed by atoms with van der Waals surface area (Å²) in [5, 5.41) is 4.46. The molecule has 2 nitrogen and oxygen atoms in total. The van der Waals surface area contributed by atoms with E-state index in [1.54, 1.807) is 0 Å². The number of benzene rings is 2. The van der Waals surface area contributed by atoms with Gasteiger partial charge in [-0.05, 0) is 35.7 Å². The van der Waals surface area contributed by atoms with Gasteiger partial charge in [-0.3, -0.25) is 4.98 Å². The lowest BCUT2D eigenvalue weighted by atomic mass is 10.0. The summed E-state index contributed by atoms with van der Waals surface area (Å²) in [4.78, 5) is 4.70. The Morgan fingerprint density at radius 1 is 0.950 bits per heavy atom. The highest BCUT2D eigenvalue weighted by molar-refractivity contribution is 5.94. The number of fused-ring (bicyclic) bond motifs is 1. The first kappa shape index (κ1) is 12.7. The molecule has 2 heteroatoms. The Balaban J connectivity index is 2.20. The molecule has 0 saturated carbocycles. The Labute approximate surface area is 119 Å². The largest absolute Gasteiger partial charge is 0.388 e. The number of hydrogen-bond acceptors (Lipinski definition) is 2. The molecular weight excluding hydrogens is 244 g/mol. The number of pyridine rings is 1. The van der Waals surface area contributed by atoms with Crippen molar-refractivity contribution in [3.05, 3.63) is 60.3 Å². The molecule has 0 unspecified atom stereocenters. The van der Waals surface area contributed by atoms with Crippen LogP contribution in [0.5, 0.6) is 0 Å². The Bertz CT molecular complexity index is 733. The Morgan fingerprint density at radius 2 is 1.75 bits per heavy atom. The van der Waals surface area contributed by atoms with Gasteiger partial charge >= 0.3 is 0 Å². The van der Waals surface area contributed by atoms with Gasteiger partial charge in [-0.25, -0.2) is 0 Å². The molecule has 3 rings (SSSR count). The summed E-state index contributed by atoms with van der Waals surface area (Å²) in [6.07, 6.45) is 0.949. The molecular formula is C18H18N2. The molecule has 0 saturated heterocycles. The summed E-state index contributed by atoms with van der Waals surface area (Å²) in [6.45, 7) is 2.13. The summed E-state index contributed by atoms with van der Waals surface area (Å²) in [5.41, 5.74) is 5.77. The quantitative estimate of drug-likeness (QED) is 0.751. The number of anilines is 1. The SMILES string of the molecule is CCc1cc(NC)c2cc(-c3ccccc3)ccc2n1.